The smallest absolute Gasteiger partial charge is 0.387 e. The number of carbonyl (C=O) groups excluding carboxylic acids is 1. The molecule has 6 nitrogen and oxygen atoms in total. The third-order valence-electron chi connectivity index (χ3n) is 3.55. The van der Waals surface area contributed by atoms with Crippen molar-refractivity contribution in [1.82, 2.24) is 5.32 Å². The van der Waals surface area contributed by atoms with Crippen LogP contribution in [-0.4, -0.2) is 23.6 Å². The zero-order valence-electron chi connectivity index (χ0n) is 13.9. The van der Waals surface area contributed by atoms with E-state index in [2.05, 4.69) is 10.1 Å². The lowest BCUT2D eigenvalue weighted by atomic mass is 10.1. The van der Waals surface area contributed by atoms with Gasteiger partial charge in [-0.05, 0) is 50.1 Å². The van der Waals surface area contributed by atoms with Gasteiger partial charge in [-0.1, -0.05) is 0 Å². The number of alkyl halides is 2. The number of halogens is 2. The second kappa shape index (κ2) is 7.33. The van der Waals surface area contributed by atoms with Crippen molar-refractivity contribution in [2.45, 2.75) is 33.9 Å². The molecule has 0 radical (unpaired) electrons. The lowest BCUT2D eigenvalue weighted by molar-refractivity contribution is -0.0507. The lowest BCUT2D eigenvalue weighted by Crippen LogP contribution is -2.23. The fourth-order valence-electron chi connectivity index (χ4n) is 2.47. The van der Waals surface area contributed by atoms with Gasteiger partial charge in [0.2, 0.25) is 0 Å². The molecule has 2 N–H and O–H groups in total. The van der Waals surface area contributed by atoms with Crippen molar-refractivity contribution < 1.29 is 32.6 Å². The molecule has 1 aromatic heterocycles. The Labute approximate surface area is 142 Å². The summed E-state index contributed by atoms with van der Waals surface area (Å²) in [4.78, 5) is 23.2. The third kappa shape index (κ3) is 4.34. The Hall–Kier alpha value is -2.90. The Morgan fingerprint density at radius 1 is 1.20 bits per heavy atom. The zero-order valence-corrected chi connectivity index (χ0v) is 13.9. The van der Waals surface area contributed by atoms with Crippen molar-refractivity contribution in [2.75, 3.05) is 0 Å². The number of amides is 1. The van der Waals surface area contributed by atoms with E-state index in [1.165, 1.54) is 25.1 Å². The zero-order chi connectivity index (χ0) is 18.7. The highest BCUT2D eigenvalue weighted by atomic mass is 19.3. The number of hydrogen-bond acceptors (Lipinski definition) is 4. The molecule has 0 saturated carbocycles. The number of benzene rings is 1. The fraction of sp³-hybridized carbons (Fsp3) is 0.294. The average Bonchev–Trinajstić information content (AvgIpc) is 2.89. The molecule has 0 bridgehead atoms. The molecule has 0 aliphatic rings. The molecule has 1 aromatic carbocycles. The number of aryl methyl sites for hydroxylation is 3. The second-order valence-electron chi connectivity index (χ2n) is 5.49. The molecule has 2 rings (SSSR count). The topological polar surface area (TPSA) is 88.8 Å². The van der Waals surface area contributed by atoms with E-state index in [4.69, 9.17) is 9.52 Å². The minimum atomic E-state index is -2.94. The van der Waals surface area contributed by atoms with E-state index in [1.54, 1.807) is 13.8 Å². The molecular formula is C17H17F2NO5. The van der Waals surface area contributed by atoms with Crippen LogP contribution in [0.1, 0.15) is 43.4 Å². The molecule has 0 saturated heterocycles. The minimum absolute atomic E-state index is 0.000331. The Morgan fingerprint density at radius 2 is 1.80 bits per heavy atom. The van der Waals surface area contributed by atoms with Gasteiger partial charge in [-0.3, -0.25) is 4.79 Å². The first-order valence-electron chi connectivity index (χ1n) is 7.36. The van der Waals surface area contributed by atoms with Crippen molar-refractivity contribution in [3.05, 3.63) is 52.0 Å². The first-order valence-corrected chi connectivity index (χ1v) is 7.36. The van der Waals surface area contributed by atoms with Crippen LogP contribution in [0.2, 0.25) is 0 Å². The molecule has 25 heavy (non-hydrogen) atoms. The van der Waals surface area contributed by atoms with Gasteiger partial charge in [-0.25, -0.2) is 4.79 Å². The molecule has 0 aliphatic carbocycles. The predicted molar refractivity (Wildman–Crippen MR) is 84.1 cm³/mol. The lowest BCUT2D eigenvalue weighted by Gasteiger charge is -2.13. The van der Waals surface area contributed by atoms with Crippen LogP contribution in [0.5, 0.6) is 5.75 Å². The van der Waals surface area contributed by atoms with Crippen molar-refractivity contribution in [2.24, 2.45) is 0 Å². The predicted octanol–water partition coefficient (Wildman–Crippen LogP) is 3.43. The number of hydrogen-bond donors (Lipinski definition) is 2. The van der Waals surface area contributed by atoms with Crippen LogP contribution in [0.25, 0.3) is 0 Å². The number of ether oxygens (including phenoxy) is 1. The van der Waals surface area contributed by atoms with Crippen molar-refractivity contribution >= 4 is 11.9 Å². The van der Waals surface area contributed by atoms with Crippen LogP contribution in [0.15, 0.2) is 22.6 Å². The van der Waals surface area contributed by atoms with Crippen LogP contribution in [0, 0.1) is 20.8 Å². The first kappa shape index (κ1) is 18.4. The normalized spacial score (nSPS) is 10.8. The van der Waals surface area contributed by atoms with E-state index in [-0.39, 0.29) is 29.2 Å². The summed E-state index contributed by atoms with van der Waals surface area (Å²) in [5.74, 6) is -0.967. The monoisotopic (exact) mass is 353 g/mol. The van der Waals surface area contributed by atoms with Gasteiger partial charge in [0.25, 0.3) is 5.91 Å². The fourth-order valence-corrected chi connectivity index (χ4v) is 2.47. The number of carbonyl (C=O) groups is 2. The van der Waals surface area contributed by atoms with Gasteiger partial charge in [-0.15, -0.1) is 0 Å². The highest BCUT2D eigenvalue weighted by Crippen LogP contribution is 2.26. The standard InChI is InChI=1S/C17H17F2NO5/c1-8-4-11(5-9(2)14(8)25-17(18)19)15(21)20-7-12-6-13(16(22)23)10(3)24-12/h4-6,17H,7H2,1-3H3,(H,20,21)(H,22,23). The van der Waals surface area contributed by atoms with Crippen LogP contribution < -0.4 is 10.1 Å². The van der Waals surface area contributed by atoms with Crippen LogP contribution >= 0.6 is 0 Å². The second-order valence-corrected chi connectivity index (χ2v) is 5.49. The van der Waals surface area contributed by atoms with Gasteiger partial charge in [0, 0.05) is 5.56 Å². The van der Waals surface area contributed by atoms with Crippen molar-refractivity contribution in [1.29, 1.82) is 0 Å². The molecule has 1 amide bonds. The summed E-state index contributed by atoms with van der Waals surface area (Å²) >= 11 is 0. The number of aromatic carboxylic acids is 1. The molecule has 1 heterocycles. The molecular weight excluding hydrogens is 336 g/mol. The van der Waals surface area contributed by atoms with Crippen LogP contribution in [-0.2, 0) is 6.54 Å². The maximum atomic E-state index is 12.4. The largest absolute Gasteiger partial charge is 0.478 e. The minimum Gasteiger partial charge on any atom is -0.478 e. The first-order chi connectivity index (χ1) is 11.7. The summed E-state index contributed by atoms with van der Waals surface area (Å²) in [6, 6.07) is 4.22. The molecule has 0 spiro atoms. The number of carboxylic acids is 1. The molecule has 134 valence electrons. The summed E-state index contributed by atoms with van der Waals surface area (Å²) in [6.07, 6.45) is 0. The SMILES string of the molecule is Cc1cc(C(=O)NCc2cc(C(=O)O)c(C)o2)cc(C)c1OC(F)F. The van der Waals surface area contributed by atoms with E-state index >= 15 is 0 Å². The summed E-state index contributed by atoms with van der Waals surface area (Å²) < 4.78 is 34.5. The van der Waals surface area contributed by atoms with E-state index in [0.717, 1.165) is 0 Å². The molecule has 0 fully saturated rings. The molecule has 0 unspecified atom stereocenters. The quantitative estimate of drug-likeness (QED) is 0.830. The molecule has 0 aliphatic heterocycles. The number of rotatable bonds is 6. The summed E-state index contributed by atoms with van der Waals surface area (Å²) in [7, 11) is 0. The van der Waals surface area contributed by atoms with Crippen molar-refractivity contribution in [3.63, 3.8) is 0 Å². The van der Waals surface area contributed by atoms with Gasteiger partial charge in [0.15, 0.2) is 0 Å². The van der Waals surface area contributed by atoms with Crippen molar-refractivity contribution in [3.8, 4) is 5.75 Å². The Bertz CT molecular complexity index is 790. The van der Waals surface area contributed by atoms with Gasteiger partial charge in [-0.2, -0.15) is 8.78 Å². The Balaban J connectivity index is 2.11. The summed E-state index contributed by atoms with van der Waals surface area (Å²) in [6.45, 7) is 1.71. The van der Waals surface area contributed by atoms with Gasteiger partial charge in [0.05, 0.1) is 6.54 Å². The van der Waals surface area contributed by atoms with Crippen LogP contribution in [0.4, 0.5) is 8.78 Å². The van der Waals surface area contributed by atoms with Gasteiger partial charge < -0.3 is 19.6 Å². The van der Waals surface area contributed by atoms with E-state index in [9.17, 15) is 18.4 Å². The number of nitrogens with one attached hydrogen (secondary N) is 1. The molecule has 2 aromatic rings. The third-order valence-corrected chi connectivity index (χ3v) is 3.55. The maximum absolute atomic E-state index is 12.4. The highest BCUT2D eigenvalue weighted by Gasteiger charge is 2.17. The maximum Gasteiger partial charge on any atom is 0.387 e. The van der Waals surface area contributed by atoms with Gasteiger partial charge in [0.1, 0.15) is 22.8 Å². The van der Waals surface area contributed by atoms with Gasteiger partial charge >= 0.3 is 12.6 Å². The van der Waals surface area contributed by atoms with Crippen LogP contribution in [0.3, 0.4) is 0 Å². The van der Waals surface area contributed by atoms with E-state index < -0.39 is 18.5 Å². The highest BCUT2D eigenvalue weighted by molar-refractivity contribution is 5.95. The molecule has 8 heteroatoms. The number of furan rings is 1. The average molecular weight is 353 g/mol. The Morgan fingerprint density at radius 3 is 2.28 bits per heavy atom. The molecule has 0 atom stereocenters. The number of carboxylic acid groups (broad SMARTS) is 1. The summed E-state index contributed by atoms with van der Waals surface area (Å²) in [5.41, 5.74) is 1.13. The Kier molecular flexibility index (Phi) is 5.41. The van der Waals surface area contributed by atoms with E-state index in [0.29, 0.717) is 16.9 Å². The van der Waals surface area contributed by atoms with E-state index in [1.807, 2.05) is 0 Å². The summed E-state index contributed by atoms with van der Waals surface area (Å²) in [5, 5.41) is 11.6.